The van der Waals surface area contributed by atoms with Gasteiger partial charge in [-0.25, -0.2) is 0 Å². The van der Waals surface area contributed by atoms with Gasteiger partial charge in [0.05, 0.1) is 14.2 Å². The van der Waals surface area contributed by atoms with Crippen molar-refractivity contribution in [3.63, 3.8) is 0 Å². The van der Waals surface area contributed by atoms with Crippen molar-refractivity contribution in [2.75, 3.05) is 14.2 Å². The number of nitrogens with one attached hydrogen (secondary N) is 1. The molecule has 1 heterocycles. The second kappa shape index (κ2) is 7.66. The predicted octanol–water partition coefficient (Wildman–Crippen LogP) is 2.70. The number of pyridine rings is 1. The van der Waals surface area contributed by atoms with Gasteiger partial charge in [-0.3, -0.25) is 9.78 Å². The molecule has 1 amide bonds. The van der Waals surface area contributed by atoms with Crippen LogP contribution < -0.4 is 14.8 Å². The standard InChI is InChI=1S/C16H17ClN2O3/c1-21-13-6-5-12(8-14(13)22-2)15(17)16(20)19-10-11-4-3-7-18-9-11/h3-9,15H,10H2,1-2H3,(H,19,20). The Morgan fingerprint density at radius 1 is 1.27 bits per heavy atom. The molecule has 0 radical (unpaired) electrons. The van der Waals surface area contributed by atoms with Crippen molar-refractivity contribution in [2.45, 2.75) is 11.9 Å². The highest BCUT2D eigenvalue weighted by molar-refractivity contribution is 6.30. The molecule has 0 aliphatic heterocycles. The number of aromatic nitrogens is 1. The molecule has 0 fully saturated rings. The van der Waals surface area contributed by atoms with Crippen molar-refractivity contribution >= 4 is 17.5 Å². The number of carbonyl (C=O) groups excluding carboxylic acids is 1. The molecule has 1 atom stereocenters. The van der Waals surface area contributed by atoms with Gasteiger partial charge in [-0.2, -0.15) is 0 Å². The van der Waals surface area contributed by atoms with Gasteiger partial charge in [-0.1, -0.05) is 12.1 Å². The molecule has 0 aliphatic rings. The zero-order valence-electron chi connectivity index (χ0n) is 12.4. The molecule has 116 valence electrons. The lowest BCUT2D eigenvalue weighted by molar-refractivity contribution is -0.121. The second-order valence-corrected chi connectivity index (χ2v) is 4.99. The third-order valence-corrected chi connectivity index (χ3v) is 3.57. The van der Waals surface area contributed by atoms with E-state index in [9.17, 15) is 4.79 Å². The lowest BCUT2D eigenvalue weighted by Gasteiger charge is -2.13. The number of hydrogen-bond acceptors (Lipinski definition) is 4. The molecule has 2 aromatic rings. The molecule has 5 nitrogen and oxygen atoms in total. The number of amides is 1. The van der Waals surface area contributed by atoms with Gasteiger partial charge < -0.3 is 14.8 Å². The summed E-state index contributed by atoms with van der Waals surface area (Å²) in [5, 5.41) is 1.97. The average Bonchev–Trinajstić information content (AvgIpc) is 2.59. The topological polar surface area (TPSA) is 60.5 Å². The van der Waals surface area contributed by atoms with Crippen LogP contribution >= 0.6 is 11.6 Å². The van der Waals surface area contributed by atoms with Crippen LogP contribution in [0.25, 0.3) is 0 Å². The first kappa shape index (κ1) is 16.1. The van der Waals surface area contributed by atoms with Crippen molar-refractivity contribution in [1.29, 1.82) is 0 Å². The van der Waals surface area contributed by atoms with Crippen LogP contribution in [0.4, 0.5) is 0 Å². The SMILES string of the molecule is COc1ccc(C(Cl)C(=O)NCc2cccnc2)cc1OC. The van der Waals surface area contributed by atoms with Crippen molar-refractivity contribution < 1.29 is 14.3 Å². The lowest BCUT2D eigenvalue weighted by Crippen LogP contribution is -2.26. The number of halogens is 1. The van der Waals surface area contributed by atoms with Gasteiger partial charge in [-0.15, -0.1) is 11.6 Å². The lowest BCUT2D eigenvalue weighted by atomic mass is 10.1. The summed E-state index contributed by atoms with van der Waals surface area (Å²) in [6.45, 7) is 0.378. The molecular formula is C16H17ClN2O3. The molecule has 0 spiro atoms. The maximum Gasteiger partial charge on any atom is 0.242 e. The quantitative estimate of drug-likeness (QED) is 0.831. The summed E-state index contributed by atoms with van der Waals surface area (Å²) in [7, 11) is 3.09. The number of nitrogens with zero attached hydrogens (tertiary/aromatic N) is 1. The fourth-order valence-corrected chi connectivity index (χ4v) is 2.16. The van der Waals surface area contributed by atoms with Gasteiger partial charge in [0.2, 0.25) is 5.91 Å². The molecule has 1 aromatic carbocycles. The van der Waals surface area contributed by atoms with E-state index in [2.05, 4.69) is 10.3 Å². The number of methoxy groups -OCH3 is 2. The van der Waals surface area contributed by atoms with E-state index in [1.165, 1.54) is 7.11 Å². The van der Waals surface area contributed by atoms with Crippen molar-refractivity contribution in [1.82, 2.24) is 10.3 Å². The third kappa shape index (κ3) is 3.89. The fraction of sp³-hybridized carbons (Fsp3) is 0.250. The highest BCUT2D eigenvalue weighted by Crippen LogP contribution is 2.32. The Balaban J connectivity index is 2.04. The molecule has 2 rings (SSSR count). The Labute approximate surface area is 134 Å². The number of benzene rings is 1. The van der Waals surface area contributed by atoms with Crippen LogP contribution in [0.15, 0.2) is 42.7 Å². The molecule has 0 bridgehead atoms. The molecule has 22 heavy (non-hydrogen) atoms. The largest absolute Gasteiger partial charge is 0.493 e. The maximum absolute atomic E-state index is 12.1. The molecule has 0 saturated carbocycles. The van der Waals surface area contributed by atoms with Crippen LogP contribution in [0.2, 0.25) is 0 Å². The molecule has 0 aliphatic carbocycles. The number of carbonyl (C=O) groups is 1. The van der Waals surface area contributed by atoms with Gasteiger partial charge in [0, 0.05) is 18.9 Å². The highest BCUT2D eigenvalue weighted by atomic mass is 35.5. The third-order valence-electron chi connectivity index (χ3n) is 3.12. The smallest absolute Gasteiger partial charge is 0.242 e. The Morgan fingerprint density at radius 2 is 2.05 bits per heavy atom. The van der Waals surface area contributed by atoms with E-state index in [0.717, 1.165) is 5.56 Å². The summed E-state index contributed by atoms with van der Waals surface area (Å²) in [4.78, 5) is 16.1. The van der Waals surface area contributed by atoms with Crippen molar-refractivity contribution in [3.8, 4) is 11.5 Å². The molecule has 1 N–H and O–H groups in total. The Kier molecular flexibility index (Phi) is 5.61. The maximum atomic E-state index is 12.1. The number of ether oxygens (including phenoxy) is 2. The Bertz CT molecular complexity index is 635. The van der Waals surface area contributed by atoms with Gasteiger partial charge in [-0.05, 0) is 29.3 Å². The van der Waals surface area contributed by atoms with Crippen LogP contribution in [0.3, 0.4) is 0 Å². The molecule has 1 aromatic heterocycles. The van der Waals surface area contributed by atoms with Gasteiger partial charge in [0.25, 0.3) is 0 Å². The molecular weight excluding hydrogens is 304 g/mol. The summed E-state index contributed by atoms with van der Waals surface area (Å²) in [5.74, 6) is 0.842. The van der Waals surface area contributed by atoms with E-state index < -0.39 is 5.38 Å². The zero-order valence-corrected chi connectivity index (χ0v) is 13.1. The summed E-state index contributed by atoms with van der Waals surface area (Å²) in [5.41, 5.74) is 1.55. The predicted molar refractivity (Wildman–Crippen MR) is 84.2 cm³/mol. The normalized spacial score (nSPS) is 11.6. The van der Waals surface area contributed by atoms with Crippen LogP contribution in [-0.2, 0) is 11.3 Å². The van der Waals surface area contributed by atoms with Crippen molar-refractivity contribution in [3.05, 3.63) is 53.9 Å². The number of hydrogen-bond donors (Lipinski definition) is 1. The minimum atomic E-state index is -0.809. The Hall–Kier alpha value is -2.27. The minimum Gasteiger partial charge on any atom is -0.493 e. The monoisotopic (exact) mass is 320 g/mol. The van der Waals surface area contributed by atoms with Crippen LogP contribution in [0.5, 0.6) is 11.5 Å². The molecule has 6 heteroatoms. The van der Waals surface area contributed by atoms with E-state index in [1.807, 2.05) is 12.1 Å². The van der Waals surface area contributed by atoms with E-state index in [-0.39, 0.29) is 5.91 Å². The van der Waals surface area contributed by atoms with Crippen LogP contribution in [0.1, 0.15) is 16.5 Å². The molecule has 1 unspecified atom stereocenters. The highest BCUT2D eigenvalue weighted by Gasteiger charge is 2.19. The van der Waals surface area contributed by atoms with Gasteiger partial charge in [0.15, 0.2) is 11.5 Å². The van der Waals surface area contributed by atoms with E-state index in [4.69, 9.17) is 21.1 Å². The minimum absolute atomic E-state index is 0.280. The Morgan fingerprint density at radius 3 is 2.68 bits per heavy atom. The number of rotatable bonds is 6. The van der Waals surface area contributed by atoms with Gasteiger partial charge >= 0.3 is 0 Å². The van der Waals surface area contributed by atoms with Gasteiger partial charge in [0.1, 0.15) is 5.38 Å². The zero-order chi connectivity index (χ0) is 15.9. The second-order valence-electron chi connectivity index (χ2n) is 4.56. The number of alkyl halides is 1. The van der Waals surface area contributed by atoms with E-state index in [0.29, 0.717) is 23.6 Å². The van der Waals surface area contributed by atoms with E-state index in [1.54, 1.807) is 37.7 Å². The van der Waals surface area contributed by atoms with Crippen LogP contribution in [-0.4, -0.2) is 25.1 Å². The van der Waals surface area contributed by atoms with E-state index >= 15 is 0 Å². The first-order valence-corrected chi connectivity index (χ1v) is 7.12. The first-order chi connectivity index (χ1) is 10.7. The average molecular weight is 321 g/mol. The summed E-state index contributed by atoms with van der Waals surface area (Å²) < 4.78 is 10.4. The summed E-state index contributed by atoms with van der Waals surface area (Å²) in [6, 6.07) is 8.85. The first-order valence-electron chi connectivity index (χ1n) is 6.68. The molecule has 0 saturated heterocycles. The van der Waals surface area contributed by atoms with Crippen molar-refractivity contribution in [2.24, 2.45) is 0 Å². The summed E-state index contributed by atoms with van der Waals surface area (Å²) in [6.07, 6.45) is 3.37. The van der Waals surface area contributed by atoms with Crippen LogP contribution in [0, 0.1) is 0 Å². The summed E-state index contributed by atoms with van der Waals surface area (Å²) >= 11 is 6.22. The fourth-order valence-electron chi connectivity index (χ4n) is 1.94.